The summed E-state index contributed by atoms with van der Waals surface area (Å²) in [6.07, 6.45) is 4.45. The molecule has 4 aromatic rings. The molecule has 0 aliphatic rings. The molecule has 6 heteroatoms. The summed E-state index contributed by atoms with van der Waals surface area (Å²) < 4.78 is 10.4. The van der Waals surface area contributed by atoms with Crippen LogP contribution in [-0.4, -0.2) is 16.2 Å². The monoisotopic (exact) mass is 374 g/mol. The van der Waals surface area contributed by atoms with Crippen LogP contribution in [-0.2, 0) is 4.79 Å². The van der Waals surface area contributed by atoms with E-state index in [2.05, 4.69) is 22.3 Å². The van der Waals surface area contributed by atoms with Gasteiger partial charge in [-0.1, -0.05) is 30.3 Å². The molecular weight excluding hydrogens is 360 g/mol. The molecule has 0 fully saturated rings. The third-order valence-corrected chi connectivity index (χ3v) is 4.85. The van der Waals surface area contributed by atoms with Crippen LogP contribution in [0.2, 0.25) is 0 Å². The number of esters is 1. The minimum absolute atomic E-state index is 0.416. The fourth-order valence-corrected chi connectivity index (χ4v) is 3.38. The average molecular weight is 374 g/mol. The average Bonchev–Trinajstić information content (AvgIpc) is 3.40. The molecule has 0 amide bonds. The molecule has 0 aliphatic carbocycles. The fraction of sp³-hybridized carbons (Fsp3) is 0. The lowest BCUT2D eigenvalue weighted by molar-refractivity contribution is -0.128. The third kappa shape index (κ3) is 4.19. The zero-order valence-electron chi connectivity index (χ0n) is 14.1. The van der Waals surface area contributed by atoms with Gasteiger partial charge in [0.25, 0.3) is 0 Å². The van der Waals surface area contributed by atoms with E-state index in [4.69, 9.17) is 9.15 Å². The van der Waals surface area contributed by atoms with E-state index in [0.717, 1.165) is 20.9 Å². The van der Waals surface area contributed by atoms with E-state index in [0.29, 0.717) is 11.6 Å². The number of aromatic nitrogens is 2. The van der Waals surface area contributed by atoms with Gasteiger partial charge in [0.1, 0.15) is 5.75 Å². The van der Waals surface area contributed by atoms with Crippen molar-refractivity contribution in [2.24, 2.45) is 0 Å². The molecular formula is C21H14N2O3S. The Morgan fingerprint density at radius 3 is 2.52 bits per heavy atom. The molecule has 2 heterocycles. The number of ether oxygens (including phenoxy) is 1. The molecule has 0 aliphatic heterocycles. The first-order valence-electron chi connectivity index (χ1n) is 8.20. The molecule has 132 valence electrons. The lowest BCUT2D eigenvalue weighted by Crippen LogP contribution is -2.03. The summed E-state index contributed by atoms with van der Waals surface area (Å²) in [4.78, 5) is 14.2. The van der Waals surface area contributed by atoms with E-state index in [1.807, 2.05) is 30.3 Å². The topological polar surface area (TPSA) is 65.2 Å². The van der Waals surface area contributed by atoms with Gasteiger partial charge in [0.05, 0.1) is 0 Å². The summed E-state index contributed by atoms with van der Waals surface area (Å²) in [6, 6.07) is 21.0. The van der Waals surface area contributed by atoms with Crippen LogP contribution in [0.4, 0.5) is 0 Å². The molecule has 0 N–H and O–H groups in total. The first-order chi connectivity index (χ1) is 13.3. The Hall–Kier alpha value is -3.51. The Kier molecular flexibility index (Phi) is 4.89. The van der Waals surface area contributed by atoms with Crippen molar-refractivity contribution in [3.8, 4) is 27.6 Å². The number of hydrogen-bond donors (Lipinski definition) is 0. The normalized spacial score (nSPS) is 11.0. The van der Waals surface area contributed by atoms with Gasteiger partial charge in [-0.25, -0.2) is 4.79 Å². The summed E-state index contributed by atoms with van der Waals surface area (Å²) in [6.45, 7) is 0. The van der Waals surface area contributed by atoms with Crippen molar-refractivity contribution >= 4 is 23.4 Å². The molecule has 0 radical (unpaired) electrons. The van der Waals surface area contributed by atoms with Gasteiger partial charge in [0.15, 0.2) is 0 Å². The molecule has 0 unspecified atom stereocenters. The molecule has 0 atom stereocenters. The highest BCUT2D eigenvalue weighted by Gasteiger charge is 2.06. The Balaban J connectivity index is 1.38. The van der Waals surface area contributed by atoms with Crippen molar-refractivity contribution in [3.63, 3.8) is 0 Å². The maximum Gasteiger partial charge on any atom is 0.336 e. The Morgan fingerprint density at radius 1 is 0.963 bits per heavy atom. The summed E-state index contributed by atoms with van der Waals surface area (Å²) in [5, 5.41) is 7.46. The first kappa shape index (κ1) is 16.9. The van der Waals surface area contributed by atoms with Crippen molar-refractivity contribution < 1.29 is 13.9 Å². The van der Waals surface area contributed by atoms with Crippen LogP contribution in [0.25, 0.3) is 28.0 Å². The molecule has 2 aromatic carbocycles. The van der Waals surface area contributed by atoms with Gasteiger partial charge >= 0.3 is 5.97 Å². The number of hydrogen-bond acceptors (Lipinski definition) is 6. The lowest BCUT2D eigenvalue weighted by atomic mass is 10.2. The van der Waals surface area contributed by atoms with Crippen LogP contribution in [0.15, 0.2) is 83.6 Å². The highest BCUT2D eigenvalue weighted by Crippen LogP contribution is 2.28. The van der Waals surface area contributed by atoms with Crippen molar-refractivity contribution in [2.45, 2.75) is 0 Å². The molecule has 2 aromatic heterocycles. The second kappa shape index (κ2) is 7.80. The molecule has 27 heavy (non-hydrogen) atoms. The van der Waals surface area contributed by atoms with E-state index >= 15 is 0 Å². The Labute approximate surface area is 159 Å². The van der Waals surface area contributed by atoms with Crippen LogP contribution in [0.3, 0.4) is 0 Å². The SMILES string of the molecule is O=C(C=Cc1ccc(-c2ccccc2)s1)Oc1ccc(-c2nnco2)cc1. The summed E-state index contributed by atoms with van der Waals surface area (Å²) in [7, 11) is 0. The number of thiophene rings is 1. The van der Waals surface area contributed by atoms with Crippen LogP contribution in [0.1, 0.15) is 4.88 Å². The minimum Gasteiger partial charge on any atom is -0.423 e. The van der Waals surface area contributed by atoms with Gasteiger partial charge in [-0.2, -0.15) is 0 Å². The second-order valence-electron chi connectivity index (χ2n) is 5.59. The standard InChI is InChI=1S/C21H14N2O3S/c24-20(26-17-8-6-16(7-9-17)21-23-22-14-25-21)13-11-18-10-12-19(27-18)15-4-2-1-3-5-15/h1-14H. The van der Waals surface area contributed by atoms with E-state index in [1.54, 1.807) is 41.7 Å². The molecule has 5 nitrogen and oxygen atoms in total. The maximum atomic E-state index is 12.0. The van der Waals surface area contributed by atoms with E-state index in [-0.39, 0.29) is 0 Å². The van der Waals surface area contributed by atoms with Gasteiger partial charge in [-0.05, 0) is 48.0 Å². The molecule has 0 spiro atoms. The quantitative estimate of drug-likeness (QED) is 0.277. The van der Waals surface area contributed by atoms with Crippen molar-refractivity contribution in [1.82, 2.24) is 10.2 Å². The van der Waals surface area contributed by atoms with Gasteiger partial charge in [0.2, 0.25) is 12.3 Å². The van der Waals surface area contributed by atoms with E-state index < -0.39 is 5.97 Å². The summed E-state index contributed by atoms with van der Waals surface area (Å²) in [5.41, 5.74) is 1.92. The highest BCUT2D eigenvalue weighted by atomic mass is 32.1. The maximum absolute atomic E-state index is 12.0. The van der Waals surface area contributed by atoms with Crippen LogP contribution in [0.5, 0.6) is 5.75 Å². The minimum atomic E-state index is -0.435. The number of carbonyl (C=O) groups is 1. The van der Waals surface area contributed by atoms with E-state index in [9.17, 15) is 4.79 Å². The van der Waals surface area contributed by atoms with Gasteiger partial charge in [-0.15, -0.1) is 21.5 Å². The highest BCUT2D eigenvalue weighted by molar-refractivity contribution is 7.16. The van der Waals surface area contributed by atoms with Crippen LogP contribution < -0.4 is 4.74 Å². The summed E-state index contributed by atoms with van der Waals surface area (Å²) in [5.74, 6) is 0.430. The largest absolute Gasteiger partial charge is 0.423 e. The van der Waals surface area contributed by atoms with Crippen LogP contribution in [0, 0.1) is 0 Å². The predicted molar refractivity (Wildman–Crippen MR) is 104 cm³/mol. The smallest absolute Gasteiger partial charge is 0.336 e. The summed E-state index contributed by atoms with van der Waals surface area (Å²) >= 11 is 1.62. The second-order valence-corrected chi connectivity index (χ2v) is 6.71. The molecule has 0 bridgehead atoms. The molecule has 0 saturated carbocycles. The van der Waals surface area contributed by atoms with Gasteiger partial charge in [-0.3, -0.25) is 0 Å². The third-order valence-electron chi connectivity index (χ3n) is 3.75. The van der Waals surface area contributed by atoms with Crippen molar-refractivity contribution in [1.29, 1.82) is 0 Å². The Morgan fingerprint density at radius 2 is 1.78 bits per heavy atom. The van der Waals surface area contributed by atoms with E-state index in [1.165, 1.54) is 12.5 Å². The molecule has 0 saturated heterocycles. The van der Waals surface area contributed by atoms with Crippen LogP contribution >= 0.6 is 11.3 Å². The van der Waals surface area contributed by atoms with Gasteiger partial charge < -0.3 is 9.15 Å². The number of carbonyl (C=O) groups excluding carboxylic acids is 1. The predicted octanol–water partition coefficient (Wildman–Crippen LogP) is 5.08. The molecule has 4 rings (SSSR count). The first-order valence-corrected chi connectivity index (χ1v) is 9.01. The number of nitrogens with zero attached hydrogens (tertiary/aromatic N) is 2. The zero-order chi connectivity index (χ0) is 18.5. The Bertz CT molecular complexity index is 1050. The lowest BCUT2D eigenvalue weighted by Gasteiger charge is -2.01. The number of rotatable bonds is 5. The van der Waals surface area contributed by atoms with Gasteiger partial charge in [0, 0.05) is 21.4 Å². The fourth-order valence-electron chi connectivity index (χ4n) is 2.46. The van der Waals surface area contributed by atoms with Crippen molar-refractivity contribution in [2.75, 3.05) is 0 Å². The number of benzene rings is 2. The zero-order valence-corrected chi connectivity index (χ0v) is 14.9. The van der Waals surface area contributed by atoms with Crippen molar-refractivity contribution in [3.05, 3.63) is 84.1 Å².